The molecule has 0 fully saturated rings. The molecule has 0 aromatic heterocycles. The molecular weight excluding hydrogens is 258 g/mol. The molecule has 0 aliphatic rings. The number of rotatable bonds is 3. The molecule has 100 valence electrons. The first-order valence-electron chi connectivity index (χ1n) is 6.22. The summed E-state index contributed by atoms with van der Waals surface area (Å²) in [5.41, 5.74) is 11.0. The van der Waals surface area contributed by atoms with Crippen molar-refractivity contribution in [3.63, 3.8) is 0 Å². The minimum absolute atomic E-state index is 0.514. The van der Waals surface area contributed by atoms with Crippen LogP contribution in [0.15, 0.2) is 30.3 Å². The van der Waals surface area contributed by atoms with E-state index in [0.717, 1.165) is 38.7 Å². The van der Waals surface area contributed by atoms with Gasteiger partial charge in [-0.25, -0.2) is 0 Å². The van der Waals surface area contributed by atoms with Gasteiger partial charge < -0.3 is 10.5 Å². The van der Waals surface area contributed by atoms with E-state index in [0.29, 0.717) is 6.61 Å². The van der Waals surface area contributed by atoms with Crippen molar-refractivity contribution in [2.45, 2.75) is 27.4 Å². The second-order valence-electron chi connectivity index (χ2n) is 4.79. The number of nitrogens with two attached hydrogens (primary N) is 1. The van der Waals surface area contributed by atoms with E-state index >= 15 is 0 Å². The van der Waals surface area contributed by atoms with E-state index < -0.39 is 0 Å². The molecule has 2 nitrogen and oxygen atoms in total. The first-order chi connectivity index (χ1) is 8.99. The van der Waals surface area contributed by atoms with Gasteiger partial charge in [-0.15, -0.1) is 0 Å². The van der Waals surface area contributed by atoms with Gasteiger partial charge in [0.15, 0.2) is 0 Å². The highest BCUT2D eigenvalue weighted by atomic mass is 35.5. The maximum Gasteiger partial charge on any atom is 0.125 e. The molecule has 19 heavy (non-hydrogen) atoms. The van der Waals surface area contributed by atoms with Crippen molar-refractivity contribution in [2.24, 2.45) is 0 Å². The maximum atomic E-state index is 6.01. The standard InChI is InChI=1S/C16H18ClNO/c1-10-7-14(17)8-11(2)16(10)19-9-13-5-4-6-15(18)12(13)3/h4-8H,9,18H2,1-3H3. The smallest absolute Gasteiger partial charge is 0.125 e. The van der Waals surface area contributed by atoms with Crippen LogP contribution in [0.3, 0.4) is 0 Å². The van der Waals surface area contributed by atoms with Gasteiger partial charge in [0.25, 0.3) is 0 Å². The van der Waals surface area contributed by atoms with Crippen molar-refractivity contribution in [3.8, 4) is 5.75 Å². The number of benzene rings is 2. The van der Waals surface area contributed by atoms with Gasteiger partial charge in [0.1, 0.15) is 12.4 Å². The van der Waals surface area contributed by atoms with Crippen LogP contribution < -0.4 is 10.5 Å². The highest BCUT2D eigenvalue weighted by Crippen LogP contribution is 2.28. The molecule has 0 radical (unpaired) electrons. The summed E-state index contributed by atoms with van der Waals surface area (Å²) in [7, 11) is 0. The maximum absolute atomic E-state index is 6.01. The summed E-state index contributed by atoms with van der Waals surface area (Å²) in [5, 5.41) is 0.738. The molecule has 0 unspecified atom stereocenters. The number of hydrogen-bond donors (Lipinski definition) is 1. The monoisotopic (exact) mass is 275 g/mol. The number of halogens is 1. The fourth-order valence-electron chi connectivity index (χ4n) is 2.13. The average Bonchev–Trinajstić information content (AvgIpc) is 2.33. The Labute approximate surface area is 119 Å². The molecule has 0 aliphatic carbocycles. The summed E-state index contributed by atoms with van der Waals surface area (Å²) in [6.07, 6.45) is 0. The Bertz CT molecular complexity index is 585. The van der Waals surface area contributed by atoms with Crippen LogP contribution in [0.2, 0.25) is 5.02 Å². The quantitative estimate of drug-likeness (QED) is 0.841. The predicted molar refractivity (Wildman–Crippen MR) is 80.8 cm³/mol. The van der Waals surface area contributed by atoms with Gasteiger partial charge >= 0.3 is 0 Å². The van der Waals surface area contributed by atoms with Crippen LogP contribution in [0.25, 0.3) is 0 Å². The molecular formula is C16H18ClNO. The first kappa shape index (κ1) is 13.8. The summed E-state index contributed by atoms with van der Waals surface area (Å²) in [6.45, 7) is 6.52. The highest BCUT2D eigenvalue weighted by molar-refractivity contribution is 6.30. The van der Waals surface area contributed by atoms with Crippen LogP contribution in [0.4, 0.5) is 5.69 Å². The first-order valence-corrected chi connectivity index (χ1v) is 6.60. The number of nitrogen functional groups attached to an aromatic ring is 1. The Hall–Kier alpha value is -1.67. The molecule has 2 aromatic carbocycles. The average molecular weight is 276 g/mol. The lowest BCUT2D eigenvalue weighted by Crippen LogP contribution is -2.02. The van der Waals surface area contributed by atoms with Gasteiger partial charge in [-0.3, -0.25) is 0 Å². The minimum Gasteiger partial charge on any atom is -0.488 e. The van der Waals surface area contributed by atoms with Gasteiger partial charge in [0, 0.05) is 10.7 Å². The summed E-state index contributed by atoms with van der Waals surface area (Å²) in [6, 6.07) is 9.71. The molecule has 0 heterocycles. The fourth-order valence-corrected chi connectivity index (χ4v) is 2.46. The molecule has 2 rings (SSSR count). The van der Waals surface area contributed by atoms with Crippen LogP contribution in [0.5, 0.6) is 5.75 Å². The van der Waals surface area contributed by atoms with Crippen molar-refractivity contribution in [1.82, 2.24) is 0 Å². The normalized spacial score (nSPS) is 10.5. The van der Waals surface area contributed by atoms with Crippen LogP contribution >= 0.6 is 11.6 Å². The van der Waals surface area contributed by atoms with Crippen molar-refractivity contribution in [1.29, 1.82) is 0 Å². The molecule has 0 amide bonds. The molecule has 0 spiro atoms. The van der Waals surface area contributed by atoms with E-state index in [-0.39, 0.29) is 0 Å². The zero-order valence-corrected chi connectivity index (χ0v) is 12.2. The summed E-state index contributed by atoms with van der Waals surface area (Å²) in [5.74, 6) is 0.895. The Morgan fingerprint density at radius 1 is 1.11 bits per heavy atom. The third-order valence-electron chi connectivity index (χ3n) is 3.28. The van der Waals surface area contributed by atoms with E-state index in [1.54, 1.807) is 0 Å². The van der Waals surface area contributed by atoms with Gasteiger partial charge in [-0.05, 0) is 61.2 Å². The molecule has 2 aromatic rings. The van der Waals surface area contributed by atoms with Gasteiger partial charge in [0.2, 0.25) is 0 Å². The van der Waals surface area contributed by atoms with Crippen molar-refractivity contribution in [3.05, 3.63) is 57.6 Å². The van der Waals surface area contributed by atoms with Crippen LogP contribution in [-0.4, -0.2) is 0 Å². The number of ether oxygens (including phenoxy) is 1. The van der Waals surface area contributed by atoms with Crippen molar-refractivity contribution >= 4 is 17.3 Å². The lowest BCUT2D eigenvalue weighted by atomic mass is 10.1. The predicted octanol–water partition coefficient (Wildman–Crippen LogP) is 4.43. The molecule has 3 heteroatoms. The zero-order chi connectivity index (χ0) is 14.0. The van der Waals surface area contributed by atoms with Crippen LogP contribution in [0.1, 0.15) is 22.3 Å². The number of hydrogen-bond acceptors (Lipinski definition) is 2. The van der Waals surface area contributed by atoms with E-state index in [1.807, 2.05) is 51.1 Å². The van der Waals surface area contributed by atoms with E-state index in [2.05, 4.69) is 0 Å². The SMILES string of the molecule is Cc1cc(Cl)cc(C)c1OCc1cccc(N)c1C. The second kappa shape index (κ2) is 5.54. The highest BCUT2D eigenvalue weighted by Gasteiger charge is 2.07. The third kappa shape index (κ3) is 3.02. The van der Waals surface area contributed by atoms with Crippen molar-refractivity contribution < 1.29 is 4.74 Å². The molecule has 0 atom stereocenters. The Morgan fingerprint density at radius 2 is 1.74 bits per heavy atom. The molecule has 0 saturated heterocycles. The van der Waals surface area contributed by atoms with E-state index in [1.165, 1.54) is 0 Å². The fraction of sp³-hybridized carbons (Fsp3) is 0.250. The van der Waals surface area contributed by atoms with Crippen LogP contribution in [0, 0.1) is 20.8 Å². The number of aryl methyl sites for hydroxylation is 2. The lowest BCUT2D eigenvalue weighted by molar-refractivity contribution is 0.301. The van der Waals surface area contributed by atoms with Gasteiger partial charge in [-0.2, -0.15) is 0 Å². The van der Waals surface area contributed by atoms with E-state index in [4.69, 9.17) is 22.1 Å². The molecule has 0 bridgehead atoms. The Kier molecular flexibility index (Phi) is 4.01. The zero-order valence-electron chi connectivity index (χ0n) is 11.5. The van der Waals surface area contributed by atoms with E-state index in [9.17, 15) is 0 Å². The van der Waals surface area contributed by atoms with Crippen LogP contribution in [-0.2, 0) is 6.61 Å². The molecule has 2 N–H and O–H groups in total. The Balaban J connectivity index is 2.22. The second-order valence-corrected chi connectivity index (χ2v) is 5.23. The number of anilines is 1. The largest absolute Gasteiger partial charge is 0.488 e. The minimum atomic E-state index is 0.514. The molecule has 0 aliphatic heterocycles. The summed E-state index contributed by atoms with van der Waals surface area (Å²) in [4.78, 5) is 0. The Morgan fingerprint density at radius 3 is 2.37 bits per heavy atom. The van der Waals surface area contributed by atoms with Gasteiger partial charge in [-0.1, -0.05) is 23.7 Å². The van der Waals surface area contributed by atoms with Crippen molar-refractivity contribution in [2.75, 3.05) is 5.73 Å². The lowest BCUT2D eigenvalue weighted by Gasteiger charge is -2.14. The van der Waals surface area contributed by atoms with Gasteiger partial charge in [0.05, 0.1) is 0 Å². The topological polar surface area (TPSA) is 35.2 Å². The summed E-state index contributed by atoms with van der Waals surface area (Å²) < 4.78 is 5.93. The molecule has 0 saturated carbocycles. The summed E-state index contributed by atoms with van der Waals surface area (Å²) >= 11 is 6.01. The third-order valence-corrected chi connectivity index (χ3v) is 3.50.